The molecule has 6 heteroatoms. The second-order valence-electron chi connectivity index (χ2n) is 3.58. The molecule has 0 bridgehead atoms. The zero-order valence-electron chi connectivity index (χ0n) is 10.4. The van der Waals surface area contributed by atoms with Crippen LogP contribution >= 0.6 is 0 Å². The van der Waals surface area contributed by atoms with Gasteiger partial charge < -0.3 is 15.2 Å². The van der Waals surface area contributed by atoms with Gasteiger partial charge in [0.2, 0.25) is 0 Å². The van der Waals surface area contributed by atoms with E-state index >= 15 is 0 Å². The van der Waals surface area contributed by atoms with Crippen molar-refractivity contribution in [2.45, 2.75) is 12.6 Å². The first kappa shape index (κ1) is 15.2. The predicted octanol–water partition coefficient (Wildman–Crippen LogP) is 2.34. The summed E-state index contributed by atoms with van der Waals surface area (Å²) in [7, 11) is 1.49. The average molecular weight is 273 g/mol. The molecule has 0 radical (unpaired) electrons. The Bertz CT molecular complexity index is 475. The monoisotopic (exact) mass is 273 g/mol. The minimum atomic E-state index is -4.24. The summed E-state index contributed by atoms with van der Waals surface area (Å²) >= 11 is 0. The van der Waals surface area contributed by atoms with E-state index in [1.807, 2.05) is 0 Å². The van der Waals surface area contributed by atoms with Gasteiger partial charge in [0.1, 0.15) is 11.5 Å². The van der Waals surface area contributed by atoms with Crippen LogP contribution in [0.5, 0.6) is 11.5 Å². The highest BCUT2D eigenvalue weighted by atomic mass is 19.4. The molecule has 0 saturated heterocycles. The summed E-state index contributed by atoms with van der Waals surface area (Å²) in [5.74, 6) is 6.19. The molecule has 1 aromatic rings. The number of halogens is 3. The van der Waals surface area contributed by atoms with Crippen molar-refractivity contribution in [2.24, 2.45) is 5.73 Å². The van der Waals surface area contributed by atoms with Crippen molar-refractivity contribution in [1.82, 2.24) is 0 Å². The van der Waals surface area contributed by atoms with Gasteiger partial charge in [0.25, 0.3) is 0 Å². The fraction of sp³-hybridized carbons (Fsp3) is 0.385. The molecule has 0 spiro atoms. The van der Waals surface area contributed by atoms with Crippen LogP contribution < -0.4 is 15.2 Å². The van der Waals surface area contributed by atoms with E-state index in [1.54, 1.807) is 12.1 Å². The van der Waals surface area contributed by atoms with Crippen molar-refractivity contribution in [3.8, 4) is 23.3 Å². The molecule has 0 atom stereocenters. The van der Waals surface area contributed by atoms with Crippen molar-refractivity contribution in [1.29, 1.82) is 0 Å². The molecule has 104 valence electrons. The van der Waals surface area contributed by atoms with E-state index in [0.29, 0.717) is 11.3 Å². The Balaban J connectivity index is 2.81. The standard InChI is InChI=1S/C13H14F3NO2/c1-18-11-4-5-12(10(9-11)3-2-7-17)19-8-6-13(14,15)16/h4-5,9H,6-8,17H2,1H3. The molecule has 0 aliphatic rings. The SMILES string of the molecule is COc1ccc(OCCC(F)(F)F)c(C#CCN)c1. The predicted molar refractivity (Wildman–Crippen MR) is 65.1 cm³/mol. The number of methoxy groups -OCH3 is 1. The number of hydrogen-bond donors (Lipinski definition) is 1. The zero-order valence-corrected chi connectivity index (χ0v) is 10.4. The molecule has 0 heterocycles. The Morgan fingerprint density at radius 2 is 2.05 bits per heavy atom. The molecule has 0 aliphatic carbocycles. The van der Waals surface area contributed by atoms with Crippen molar-refractivity contribution in [2.75, 3.05) is 20.3 Å². The number of rotatable bonds is 4. The van der Waals surface area contributed by atoms with Gasteiger partial charge >= 0.3 is 6.18 Å². The Morgan fingerprint density at radius 1 is 1.32 bits per heavy atom. The van der Waals surface area contributed by atoms with E-state index < -0.39 is 19.2 Å². The highest BCUT2D eigenvalue weighted by molar-refractivity contribution is 5.50. The molecule has 0 aromatic heterocycles. The number of hydrogen-bond acceptors (Lipinski definition) is 3. The second-order valence-corrected chi connectivity index (χ2v) is 3.58. The van der Waals surface area contributed by atoms with E-state index in [0.717, 1.165) is 0 Å². The van der Waals surface area contributed by atoms with Gasteiger partial charge in [-0.05, 0) is 18.2 Å². The third-order valence-corrected chi connectivity index (χ3v) is 2.15. The van der Waals surface area contributed by atoms with Gasteiger partial charge in [-0.3, -0.25) is 0 Å². The van der Waals surface area contributed by atoms with Crippen molar-refractivity contribution in [3.63, 3.8) is 0 Å². The van der Waals surface area contributed by atoms with Gasteiger partial charge in [-0.1, -0.05) is 11.8 Å². The van der Waals surface area contributed by atoms with Gasteiger partial charge in [-0.2, -0.15) is 13.2 Å². The number of alkyl halides is 3. The maximum absolute atomic E-state index is 12.0. The molecule has 1 aromatic carbocycles. The van der Waals surface area contributed by atoms with E-state index in [1.165, 1.54) is 13.2 Å². The maximum Gasteiger partial charge on any atom is 0.392 e. The minimum absolute atomic E-state index is 0.152. The summed E-state index contributed by atoms with van der Waals surface area (Å²) in [6, 6.07) is 4.71. The van der Waals surface area contributed by atoms with Gasteiger partial charge in [0, 0.05) is 0 Å². The first-order chi connectivity index (χ1) is 8.96. The van der Waals surface area contributed by atoms with Gasteiger partial charge in [-0.15, -0.1) is 0 Å². The molecule has 19 heavy (non-hydrogen) atoms. The largest absolute Gasteiger partial charge is 0.497 e. The normalized spacial score (nSPS) is 10.6. The fourth-order valence-corrected chi connectivity index (χ4v) is 1.28. The quantitative estimate of drug-likeness (QED) is 0.856. The van der Waals surface area contributed by atoms with Crippen LogP contribution in [0.3, 0.4) is 0 Å². The Kier molecular flexibility index (Phi) is 5.52. The van der Waals surface area contributed by atoms with E-state index in [2.05, 4.69) is 11.8 Å². The highest BCUT2D eigenvalue weighted by Gasteiger charge is 2.26. The van der Waals surface area contributed by atoms with E-state index in [4.69, 9.17) is 15.2 Å². The molecule has 0 unspecified atom stereocenters. The van der Waals surface area contributed by atoms with Crippen LogP contribution in [0.2, 0.25) is 0 Å². The van der Waals surface area contributed by atoms with Crippen molar-refractivity contribution < 1.29 is 22.6 Å². The average Bonchev–Trinajstić information content (AvgIpc) is 2.35. The van der Waals surface area contributed by atoms with Crippen molar-refractivity contribution in [3.05, 3.63) is 23.8 Å². The van der Waals surface area contributed by atoms with E-state index in [9.17, 15) is 13.2 Å². The van der Waals surface area contributed by atoms with Gasteiger partial charge in [0.15, 0.2) is 0 Å². The smallest absolute Gasteiger partial charge is 0.392 e. The Morgan fingerprint density at radius 3 is 2.63 bits per heavy atom. The number of benzene rings is 1. The van der Waals surface area contributed by atoms with Crippen LogP contribution in [0, 0.1) is 11.8 Å². The summed E-state index contributed by atoms with van der Waals surface area (Å²) < 4.78 is 46.2. The molecule has 0 saturated carbocycles. The summed E-state index contributed by atoms with van der Waals surface area (Å²) in [5.41, 5.74) is 5.71. The van der Waals surface area contributed by atoms with Crippen LogP contribution in [-0.2, 0) is 0 Å². The summed E-state index contributed by atoms with van der Waals surface area (Å²) in [4.78, 5) is 0. The van der Waals surface area contributed by atoms with Crippen LogP contribution in [-0.4, -0.2) is 26.4 Å². The Hall–Kier alpha value is -1.87. The highest BCUT2D eigenvalue weighted by Crippen LogP contribution is 2.25. The van der Waals surface area contributed by atoms with Gasteiger partial charge in [-0.25, -0.2) is 0 Å². The zero-order chi connectivity index (χ0) is 14.3. The Labute approximate surface area is 109 Å². The van der Waals surface area contributed by atoms with E-state index in [-0.39, 0.29) is 12.3 Å². The maximum atomic E-state index is 12.0. The van der Waals surface area contributed by atoms with Crippen LogP contribution in [0.25, 0.3) is 0 Å². The minimum Gasteiger partial charge on any atom is -0.497 e. The fourth-order valence-electron chi connectivity index (χ4n) is 1.28. The molecule has 1 rings (SSSR count). The lowest BCUT2D eigenvalue weighted by Crippen LogP contribution is -2.13. The summed E-state index contributed by atoms with van der Waals surface area (Å²) in [5, 5.41) is 0. The molecule has 0 amide bonds. The molecular weight excluding hydrogens is 259 g/mol. The van der Waals surface area contributed by atoms with Crippen LogP contribution in [0.15, 0.2) is 18.2 Å². The molecule has 3 nitrogen and oxygen atoms in total. The number of nitrogens with two attached hydrogens (primary N) is 1. The molecule has 2 N–H and O–H groups in total. The third kappa shape index (κ3) is 5.53. The summed E-state index contributed by atoms with van der Waals surface area (Å²) in [6.45, 7) is -0.299. The summed E-state index contributed by atoms with van der Waals surface area (Å²) in [6.07, 6.45) is -5.25. The molecule has 0 aliphatic heterocycles. The molecule has 0 fully saturated rings. The lowest BCUT2D eigenvalue weighted by atomic mass is 10.2. The first-order valence-corrected chi connectivity index (χ1v) is 5.53. The topological polar surface area (TPSA) is 44.5 Å². The lowest BCUT2D eigenvalue weighted by molar-refractivity contribution is -0.139. The third-order valence-electron chi connectivity index (χ3n) is 2.15. The molecular formula is C13H14F3NO2. The van der Waals surface area contributed by atoms with Crippen LogP contribution in [0.1, 0.15) is 12.0 Å². The second kappa shape index (κ2) is 6.90. The van der Waals surface area contributed by atoms with Gasteiger partial charge in [0.05, 0.1) is 32.2 Å². The van der Waals surface area contributed by atoms with Crippen LogP contribution in [0.4, 0.5) is 13.2 Å². The lowest BCUT2D eigenvalue weighted by Gasteiger charge is -2.11. The van der Waals surface area contributed by atoms with Crippen molar-refractivity contribution >= 4 is 0 Å². The number of ether oxygens (including phenoxy) is 2. The first-order valence-electron chi connectivity index (χ1n) is 5.53.